The molecule has 0 bridgehead atoms. The van der Waals surface area contributed by atoms with Crippen LogP contribution in [-0.2, 0) is 0 Å². The molecule has 5 nitrogen and oxygen atoms in total. The molecular weight excluding hydrogens is 520 g/mol. The van der Waals surface area contributed by atoms with Gasteiger partial charge in [-0.15, -0.1) is 0 Å². The summed E-state index contributed by atoms with van der Waals surface area (Å²) < 4.78 is 6.88. The van der Waals surface area contributed by atoms with Gasteiger partial charge < -0.3 is 9.63 Å². The summed E-state index contributed by atoms with van der Waals surface area (Å²) in [5.41, 5.74) is 1.34. The van der Waals surface area contributed by atoms with Crippen molar-refractivity contribution < 1.29 is 19.1 Å². The minimum atomic E-state index is -0.770. The lowest BCUT2D eigenvalue weighted by molar-refractivity contribution is -0.672. The van der Waals surface area contributed by atoms with Crippen LogP contribution in [0.2, 0.25) is 0 Å². The summed E-state index contributed by atoms with van der Waals surface area (Å²) in [4.78, 5) is 11.9. The molecule has 0 amide bonds. The summed E-state index contributed by atoms with van der Waals surface area (Å²) in [7, 11) is 0. The topological polar surface area (TPSA) is 70.0 Å². The van der Waals surface area contributed by atoms with Gasteiger partial charge >= 0.3 is 5.69 Å². The number of benzene rings is 2. The molecule has 0 saturated carbocycles. The first-order valence-electron chi connectivity index (χ1n) is 7.21. The zero-order valence-corrected chi connectivity index (χ0v) is 17.4. The molecule has 128 valence electrons. The normalized spacial score (nSPS) is 13.4. The average molecular weight is 531 g/mol. The number of aromatic nitrogens is 2. The molecule has 0 fully saturated rings. The van der Waals surface area contributed by atoms with E-state index >= 15 is 0 Å². The summed E-state index contributed by atoms with van der Waals surface area (Å²) in [5, 5.41) is 15.7. The first kappa shape index (κ1) is 18.3. The third kappa shape index (κ3) is 3.86. The molecule has 1 aromatic heterocycles. The first-order chi connectivity index (χ1) is 12.0. The van der Waals surface area contributed by atoms with E-state index in [9.17, 15) is 9.90 Å². The number of rotatable bonds is 5. The van der Waals surface area contributed by atoms with Gasteiger partial charge in [0.25, 0.3) is 0 Å². The van der Waals surface area contributed by atoms with Gasteiger partial charge in [-0.25, -0.2) is 0 Å². The van der Waals surface area contributed by atoms with Gasteiger partial charge in [-0.05, 0) is 22.4 Å². The summed E-state index contributed by atoms with van der Waals surface area (Å²) >= 11 is 10.3. The van der Waals surface area contributed by atoms with Crippen molar-refractivity contribution >= 4 is 53.6 Å². The van der Waals surface area contributed by atoms with E-state index in [2.05, 4.69) is 53.1 Å². The molecule has 25 heavy (non-hydrogen) atoms. The lowest BCUT2D eigenvalue weighted by Crippen LogP contribution is -2.41. The Morgan fingerprint density at radius 1 is 1.08 bits per heavy atom. The van der Waals surface area contributed by atoms with Crippen molar-refractivity contribution in [3.8, 4) is 11.6 Å². The zero-order valence-electron chi connectivity index (χ0n) is 12.6. The number of hydrogen-bond donors (Lipinski definition) is 0. The molecular formula is C17H11Br3N2O3. The van der Waals surface area contributed by atoms with Crippen molar-refractivity contribution in [1.29, 1.82) is 0 Å². The van der Waals surface area contributed by atoms with E-state index < -0.39 is 16.6 Å². The lowest BCUT2D eigenvalue weighted by Gasteiger charge is -2.15. The van der Waals surface area contributed by atoms with Crippen LogP contribution >= 0.6 is 47.8 Å². The molecule has 1 heterocycles. The second-order valence-electron chi connectivity index (χ2n) is 5.18. The number of para-hydroxylation sites is 1. The monoisotopic (exact) mass is 528 g/mol. The van der Waals surface area contributed by atoms with E-state index in [-0.39, 0.29) is 10.5 Å². The van der Waals surface area contributed by atoms with Gasteiger partial charge in [-0.2, -0.15) is 0 Å². The zero-order chi connectivity index (χ0) is 18.0. The summed E-state index contributed by atoms with van der Waals surface area (Å²) in [5.74, 6) is -1.19. The number of halogens is 3. The fourth-order valence-electron chi connectivity index (χ4n) is 2.28. The molecule has 2 aromatic carbocycles. The molecule has 0 N–H and O–H groups in total. The Bertz CT molecular complexity index is 882. The van der Waals surface area contributed by atoms with Gasteiger partial charge in [0.05, 0.1) is 10.1 Å². The van der Waals surface area contributed by atoms with E-state index in [0.29, 0.717) is 5.69 Å². The molecule has 2 unspecified atom stereocenters. The van der Waals surface area contributed by atoms with Gasteiger partial charge in [-0.3, -0.25) is 4.79 Å². The maximum absolute atomic E-state index is 12.9. The van der Waals surface area contributed by atoms with Crippen LogP contribution in [0.4, 0.5) is 0 Å². The average Bonchev–Trinajstić information content (AvgIpc) is 3.02. The molecule has 0 saturated heterocycles. The lowest BCUT2D eigenvalue weighted by atomic mass is 10.1. The summed E-state index contributed by atoms with van der Waals surface area (Å²) in [6.45, 7) is 0. The minimum absolute atomic E-state index is 0.130. The van der Waals surface area contributed by atoms with Gasteiger partial charge in [0, 0.05) is 16.6 Å². The highest BCUT2D eigenvalue weighted by atomic mass is 79.9. The van der Waals surface area contributed by atoms with Crippen molar-refractivity contribution in [3.05, 3.63) is 70.3 Å². The smallest absolute Gasteiger partial charge is 0.307 e. The molecule has 3 rings (SSSR count). The van der Waals surface area contributed by atoms with Crippen LogP contribution in [-0.4, -0.2) is 15.9 Å². The van der Waals surface area contributed by atoms with Gasteiger partial charge in [-0.1, -0.05) is 78.1 Å². The van der Waals surface area contributed by atoms with Crippen LogP contribution in [0.3, 0.4) is 0 Å². The second-order valence-corrected chi connectivity index (χ2v) is 8.06. The fraction of sp³-hybridized carbons (Fsp3) is 0.118. The van der Waals surface area contributed by atoms with Crippen LogP contribution in [0.1, 0.15) is 20.9 Å². The highest BCUT2D eigenvalue weighted by molar-refractivity contribution is 9.12. The molecule has 0 aliphatic carbocycles. The number of nitrogens with zero attached hydrogens (tertiary/aromatic N) is 2. The van der Waals surface area contributed by atoms with Crippen molar-refractivity contribution in [2.45, 2.75) is 9.65 Å². The fourth-order valence-corrected chi connectivity index (χ4v) is 3.61. The second kappa shape index (κ2) is 7.80. The predicted molar refractivity (Wildman–Crippen MR) is 100 cm³/mol. The predicted octanol–water partition coefficient (Wildman–Crippen LogP) is 3.87. The summed E-state index contributed by atoms with van der Waals surface area (Å²) in [6.07, 6.45) is 0. The third-order valence-electron chi connectivity index (χ3n) is 3.54. The molecule has 0 radical (unpaired) electrons. The quantitative estimate of drug-likeness (QED) is 0.285. The van der Waals surface area contributed by atoms with Crippen molar-refractivity contribution in [1.82, 2.24) is 5.27 Å². The molecule has 8 heteroatoms. The van der Waals surface area contributed by atoms with Crippen LogP contribution in [0.25, 0.3) is 5.69 Å². The molecule has 3 aromatic rings. The van der Waals surface area contributed by atoms with Crippen LogP contribution < -0.4 is 9.79 Å². The number of hydrogen-bond acceptors (Lipinski definition) is 4. The SMILES string of the molecule is O=C(c1c([O-])on[n+]1-c1ccccc1)C(Br)C(Br)c1ccc(Br)cc1. The Kier molecular flexibility index (Phi) is 5.71. The number of Topliss-reactive ketones (excluding diaryl/α,β-unsaturated/α-hetero) is 1. The Balaban J connectivity index is 1.93. The summed E-state index contributed by atoms with van der Waals surface area (Å²) in [6, 6.07) is 16.4. The van der Waals surface area contributed by atoms with Crippen LogP contribution in [0.5, 0.6) is 5.95 Å². The third-order valence-corrected chi connectivity index (χ3v) is 6.78. The van der Waals surface area contributed by atoms with Gasteiger partial charge in [0.1, 0.15) is 4.83 Å². The number of alkyl halides is 2. The van der Waals surface area contributed by atoms with E-state index in [1.807, 2.05) is 30.3 Å². The van der Waals surface area contributed by atoms with Crippen LogP contribution in [0.15, 0.2) is 63.6 Å². The van der Waals surface area contributed by atoms with Crippen LogP contribution in [0, 0.1) is 0 Å². The van der Waals surface area contributed by atoms with Crippen molar-refractivity contribution in [2.24, 2.45) is 0 Å². The molecule has 0 aliphatic heterocycles. The molecule has 2 atom stereocenters. The van der Waals surface area contributed by atoms with E-state index in [4.69, 9.17) is 4.52 Å². The molecule has 0 aliphatic rings. The Labute approximate surface area is 169 Å². The van der Waals surface area contributed by atoms with Gasteiger partial charge in [0.15, 0.2) is 5.95 Å². The largest absolute Gasteiger partial charge is 0.539 e. The number of carbonyl (C=O) groups excluding carboxylic acids is 1. The van der Waals surface area contributed by atoms with Gasteiger partial charge in [0.2, 0.25) is 11.5 Å². The van der Waals surface area contributed by atoms with Crippen molar-refractivity contribution in [2.75, 3.05) is 0 Å². The standard InChI is InChI=1S/C17H11Br3N2O3/c18-11-8-6-10(7-9-11)13(19)14(20)16(23)15-17(24)25-21-22(15)12-4-2-1-3-5-12/h1-9,13-14H. The van der Waals surface area contributed by atoms with E-state index in [0.717, 1.165) is 10.0 Å². The first-order valence-corrected chi connectivity index (χ1v) is 9.83. The number of carbonyl (C=O) groups is 1. The maximum Gasteiger partial charge on any atom is 0.307 e. The highest BCUT2D eigenvalue weighted by Crippen LogP contribution is 2.34. The Hall–Kier alpha value is -1.51. The Morgan fingerprint density at radius 2 is 1.72 bits per heavy atom. The maximum atomic E-state index is 12.9. The molecule has 0 spiro atoms. The van der Waals surface area contributed by atoms with E-state index in [1.54, 1.807) is 24.3 Å². The van der Waals surface area contributed by atoms with Crippen molar-refractivity contribution in [3.63, 3.8) is 0 Å². The Morgan fingerprint density at radius 3 is 2.36 bits per heavy atom. The van der Waals surface area contributed by atoms with E-state index in [1.165, 1.54) is 4.68 Å². The highest BCUT2D eigenvalue weighted by Gasteiger charge is 2.35. The minimum Gasteiger partial charge on any atom is -0.539 e. The number of ketones is 1.